The standard InChI is InChI=1S/C15H13F2NO3/c1-9-6-7-12(19)10(8-9)14(20)18-11-4-2-3-5-13(11)21-15(16)17/h2-8,15,19H,1H3,(H,18,20). The first-order chi connectivity index (χ1) is 9.97. The van der Waals surface area contributed by atoms with E-state index in [0.717, 1.165) is 5.56 Å². The molecular formula is C15H13F2NO3. The fourth-order valence-corrected chi connectivity index (χ4v) is 1.79. The lowest BCUT2D eigenvalue weighted by molar-refractivity contribution is -0.0493. The van der Waals surface area contributed by atoms with Crippen molar-refractivity contribution in [3.05, 3.63) is 53.6 Å². The number of anilines is 1. The second-order valence-electron chi connectivity index (χ2n) is 4.35. The van der Waals surface area contributed by atoms with Crippen molar-refractivity contribution in [2.45, 2.75) is 13.5 Å². The number of alkyl halides is 2. The molecular weight excluding hydrogens is 280 g/mol. The van der Waals surface area contributed by atoms with Gasteiger partial charge in [0.1, 0.15) is 11.5 Å². The number of para-hydroxylation sites is 2. The van der Waals surface area contributed by atoms with Crippen LogP contribution >= 0.6 is 0 Å². The number of aryl methyl sites for hydroxylation is 1. The summed E-state index contributed by atoms with van der Waals surface area (Å²) in [5, 5.41) is 12.1. The molecule has 110 valence electrons. The Kier molecular flexibility index (Phi) is 4.37. The van der Waals surface area contributed by atoms with Gasteiger partial charge in [-0.05, 0) is 31.2 Å². The SMILES string of the molecule is Cc1ccc(O)c(C(=O)Nc2ccccc2OC(F)F)c1. The Balaban J connectivity index is 2.25. The van der Waals surface area contributed by atoms with Crippen LogP contribution in [-0.4, -0.2) is 17.6 Å². The van der Waals surface area contributed by atoms with E-state index in [1.807, 2.05) is 0 Å². The average Bonchev–Trinajstić information content (AvgIpc) is 2.43. The lowest BCUT2D eigenvalue weighted by atomic mass is 10.1. The fourth-order valence-electron chi connectivity index (χ4n) is 1.79. The molecule has 2 rings (SSSR count). The number of ether oxygens (including phenoxy) is 1. The largest absolute Gasteiger partial charge is 0.507 e. The minimum atomic E-state index is -2.99. The summed E-state index contributed by atoms with van der Waals surface area (Å²) in [6.45, 7) is -1.22. The van der Waals surface area contributed by atoms with E-state index in [0.29, 0.717) is 0 Å². The number of amides is 1. The van der Waals surface area contributed by atoms with Gasteiger partial charge >= 0.3 is 6.61 Å². The lowest BCUT2D eigenvalue weighted by Crippen LogP contribution is -2.14. The molecule has 0 aromatic heterocycles. The molecule has 0 bridgehead atoms. The zero-order chi connectivity index (χ0) is 15.4. The van der Waals surface area contributed by atoms with Crippen molar-refractivity contribution in [1.82, 2.24) is 0 Å². The van der Waals surface area contributed by atoms with Crippen LogP contribution in [0.5, 0.6) is 11.5 Å². The van der Waals surface area contributed by atoms with E-state index >= 15 is 0 Å². The molecule has 0 fully saturated rings. The number of phenols is 1. The summed E-state index contributed by atoms with van der Waals surface area (Å²) in [5.74, 6) is -0.945. The zero-order valence-electron chi connectivity index (χ0n) is 11.1. The summed E-state index contributed by atoms with van der Waals surface area (Å²) in [6, 6.07) is 10.4. The molecule has 4 nitrogen and oxygen atoms in total. The highest BCUT2D eigenvalue weighted by Gasteiger charge is 2.15. The van der Waals surface area contributed by atoms with Gasteiger partial charge in [-0.2, -0.15) is 8.78 Å². The molecule has 0 unspecified atom stereocenters. The summed E-state index contributed by atoms with van der Waals surface area (Å²) in [4.78, 5) is 12.1. The lowest BCUT2D eigenvalue weighted by Gasteiger charge is -2.12. The van der Waals surface area contributed by atoms with Gasteiger partial charge in [-0.25, -0.2) is 0 Å². The predicted octanol–water partition coefficient (Wildman–Crippen LogP) is 3.55. The molecule has 0 aliphatic rings. The quantitative estimate of drug-likeness (QED) is 0.906. The van der Waals surface area contributed by atoms with Crippen LogP contribution in [0.4, 0.5) is 14.5 Å². The van der Waals surface area contributed by atoms with Crippen molar-refractivity contribution >= 4 is 11.6 Å². The van der Waals surface area contributed by atoms with Gasteiger partial charge < -0.3 is 15.2 Å². The van der Waals surface area contributed by atoms with Crippen LogP contribution in [0.1, 0.15) is 15.9 Å². The molecule has 0 aliphatic carbocycles. The number of carbonyl (C=O) groups excluding carboxylic acids is 1. The van der Waals surface area contributed by atoms with E-state index in [2.05, 4.69) is 10.1 Å². The number of benzene rings is 2. The molecule has 2 aromatic rings. The molecule has 2 aromatic carbocycles. The van der Waals surface area contributed by atoms with Crippen molar-refractivity contribution in [3.8, 4) is 11.5 Å². The molecule has 0 atom stereocenters. The maximum atomic E-state index is 12.3. The topological polar surface area (TPSA) is 58.6 Å². The third-order valence-electron chi connectivity index (χ3n) is 2.75. The van der Waals surface area contributed by atoms with E-state index in [1.54, 1.807) is 19.1 Å². The third-order valence-corrected chi connectivity index (χ3v) is 2.75. The highest BCUT2D eigenvalue weighted by molar-refractivity contribution is 6.06. The van der Waals surface area contributed by atoms with Crippen LogP contribution in [0.2, 0.25) is 0 Å². The Labute approximate surface area is 120 Å². The summed E-state index contributed by atoms with van der Waals surface area (Å²) in [7, 11) is 0. The predicted molar refractivity (Wildman–Crippen MR) is 73.9 cm³/mol. The number of halogens is 2. The second kappa shape index (κ2) is 6.21. The van der Waals surface area contributed by atoms with E-state index in [4.69, 9.17) is 0 Å². The van der Waals surface area contributed by atoms with Gasteiger partial charge in [0, 0.05) is 0 Å². The van der Waals surface area contributed by atoms with Gasteiger partial charge in [0.05, 0.1) is 11.3 Å². The Bertz CT molecular complexity index is 659. The molecule has 2 N–H and O–H groups in total. The number of carbonyl (C=O) groups is 1. The van der Waals surface area contributed by atoms with E-state index in [1.165, 1.54) is 30.3 Å². The molecule has 0 radical (unpaired) electrons. The molecule has 0 saturated heterocycles. The Hall–Kier alpha value is -2.63. The summed E-state index contributed by atoms with van der Waals surface area (Å²) in [5.41, 5.74) is 0.945. The number of hydrogen-bond acceptors (Lipinski definition) is 3. The normalized spacial score (nSPS) is 10.5. The second-order valence-corrected chi connectivity index (χ2v) is 4.35. The molecule has 0 aliphatic heterocycles. The van der Waals surface area contributed by atoms with Crippen molar-refractivity contribution in [1.29, 1.82) is 0 Å². The molecule has 0 heterocycles. The summed E-state index contributed by atoms with van der Waals surface area (Å²) < 4.78 is 28.9. The van der Waals surface area contributed by atoms with Crippen LogP contribution in [0, 0.1) is 6.92 Å². The molecule has 6 heteroatoms. The smallest absolute Gasteiger partial charge is 0.387 e. The minimum Gasteiger partial charge on any atom is -0.507 e. The number of rotatable bonds is 4. The monoisotopic (exact) mass is 293 g/mol. The Morgan fingerprint density at radius 1 is 1.24 bits per heavy atom. The van der Waals surface area contributed by atoms with Crippen LogP contribution < -0.4 is 10.1 Å². The van der Waals surface area contributed by atoms with Crippen molar-refractivity contribution in [2.75, 3.05) is 5.32 Å². The fraction of sp³-hybridized carbons (Fsp3) is 0.133. The average molecular weight is 293 g/mol. The number of aromatic hydroxyl groups is 1. The molecule has 0 spiro atoms. The van der Waals surface area contributed by atoms with Crippen LogP contribution in [0.25, 0.3) is 0 Å². The van der Waals surface area contributed by atoms with Gasteiger partial charge in [0.25, 0.3) is 5.91 Å². The Morgan fingerprint density at radius 3 is 2.67 bits per heavy atom. The van der Waals surface area contributed by atoms with Gasteiger partial charge in [-0.3, -0.25) is 4.79 Å². The third kappa shape index (κ3) is 3.68. The van der Waals surface area contributed by atoms with Crippen molar-refractivity contribution in [3.63, 3.8) is 0 Å². The van der Waals surface area contributed by atoms with Crippen molar-refractivity contribution < 1.29 is 23.4 Å². The number of phenolic OH excluding ortho intramolecular Hbond substituents is 1. The van der Waals surface area contributed by atoms with Gasteiger partial charge in [-0.15, -0.1) is 0 Å². The number of nitrogens with one attached hydrogen (secondary N) is 1. The molecule has 1 amide bonds. The summed E-state index contributed by atoms with van der Waals surface area (Å²) in [6.07, 6.45) is 0. The first-order valence-corrected chi connectivity index (χ1v) is 6.12. The summed E-state index contributed by atoms with van der Waals surface area (Å²) >= 11 is 0. The van der Waals surface area contributed by atoms with E-state index < -0.39 is 12.5 Å². The molecule has 0 saturated carbocycles. The zero-order valence-corrected chi connectivity index (χ0v) is 11.1. The van der Waals surface area contributed by atoms with Crippen LogP contribution in [0.15, 0.2) is 42.5 Å². The highest BCUT2D eigenvalue weighted by atomic mass is 19.3. The van der Waals surface area contributed by atoms with Crippen LogP contribution in [0.3, 0.4) is 0 Å². The van der Waals surface area contributed by atoms with Gasteiger partial charge in [0.2, 0.25) is 0 Å². The highest BCUT2D eigenvalue weighted by Crippen LogP contribution is 2.27. The Morgan fingerprint density at radius 2 is 1.95 bits per heavy atom. The van der Waals surface area contributed by atoms with Crippen LogP contribution in [-0.2, 0) is 0 Å². The van der Waals surface area contributed by atoms with Gasteiger partial charge in [-0.1, -0.05) is 23.8 Å². The first kappa shape index (κ1) is 14.8. The van der Waals surface area contributed by atoms with Gasteiger partial charge in [0.15, 0.2) is 0 Å². The van der Waals surface area contributed by atoms with Crippen molar-refractivity contribution in [2.24, 2.45) is 0 Å². The maximum absolute atomic E-state index is 12.3. The van der Waals surface area contributed by atoms with E-state index in [9.17, 15) is 18.7 Å². The van der Waals surface area contributed by atoms with E-state index in [-0.39, 0.29) is 22.7 Å². The first-order valence-electron chi connectivity index (χ1n) is 6.12. The minimum absolute atomic E-state index is 0.0573. The number of hydrogen-bond donors (Lipinski definition) is 2. The maximum Gasteiger partial charge on any atom is 0.387 e. The molecule has 21 heavy (non-hydrogen) atoms.